The van der Waals surface area contributed by atoms with Gasteiger partial charge in [-0.15, -0.1) is 0 Å². The van der Waals surface area contributed by atoms with Crippen molar-refractivity contribution in [1.82, 2.24) is 0 Å². The maximum absolute atomic E-state index is 11.8. The van der Waals surface area contributed by atoms with Crippen LogP contribution in [0.1, 0.15) is 22.8 Å². The number of benzene rings is 1. The second kappa shape index (κ2) is 6.43. The highest BCUT2D eigenvalue weighted by atomic mass is 32.1. The summed E-state index contributed by atoms with van der Waals surface area (Å²) in [6, 6.07) is 7.51. The van der Waals surface area contributed by atoms with Crippen LogP contribution >= 0.6 is 11.3 Å². The predicted molar refractivity (Wildman–Crippen MR) is 83.2 cm³/mol. The zero-order chi connectivity index (χ0) is 14.5. The first-order valence-electron chi connectivity index (χ1n) is 6.40. The quantitative estimate of drug-likeness (QED) is 0.679. The molecule has 0 atom stereocenters. The average molecular weight is 290 g/mol. The van der Waals surface area contributed by atoms with Gasteiger partial charge in [0.2, 0.25) is 0 Å². The highest BCUT2D eigenvalue weighted by Gasteiger charge is 2.13. The van der Waals surface area contributed by atoms with Gasteiger partial charge in [-0.05, 0) is 47.5 Å². The van der Waals surface area contributed by atoms with Crippen molar-refractivity contribution >= 4 is 28.7 Å². The second-order valence-corrected chi connectivity index (χ2v) is 5.26. The van der Waals surface area contributed by atoms with Crippen LogP contribution in [0.3, 0.4) is 0 Å². The molecule has 0 saturated heterocycles. The highest BCUT2D eigenvalue weighted by molar-refractivity contribution is 7.07. The lowest BCUT2D eigenvalue weighted by atomic mass is 10.1. The SMILES string of the molecule is CCOC(=O)c1cc(N(C)Cc2ccsc2)ccc1N. The van der Waals surface area contributed by atoms with E-state index >= 15 is 0 Å². The number of anilines is 2. The van der Waals surface area contributed by atoms with Gasteiger partial charge < -0.3 is 15.4 Å². The van der Waals surface area contributed by atoms with E-state index in [1.54, 1.807) is 30.4 Å². The Morgan fingerprint density at radius 1 is 1.40 bits per heavy atom. The number of ether oxygens (including phenoxy) is 1. The molecular weight excluding hydrogens is 272 g/mol. The number of carbonyl (C=O) groups excluding carboxylic acids is 1. The molecule has 0 saturated carbocycles. The third-order valence-corrected chi connectivity index (χ3v) is 3.70. The van der Waals surface area contributed by atoms with Crippen LogP contribution < -0.4 is 10.6 Å². The lowest BCUT2D eigenvalue weighted by molar-refractivity contribution is 0.0527. The van der Waals surface area contributed by atoms with Gasteiger partial charge in [0, 0.05) is 25.0 Å². The van der Waals surface area contributed by atoms with Crippen LogP contribution in [0.2, 0.25) is 0 Å². The predicted octanol–water partition coefficient (Wildman–Crippen LogP) is 3.14. The van der Waals surface area contributed by atoms with Gasteiger partial charge in [-0.1, -0.05) is 0 Å². The molecular formula is C15H18N2O2S. The molecule has 0 bridgehead atoms. The van der Waals surface area contributed by atoms with Gasteiger partial charge in [0.05, 0.1) is 12.2 Å². The first kappa shape index (κ1) is 14.4. The summed E-state index contributed by atoms with van der Waals surface area (Å²) in [4.78, 5) is 13.9. The number of hydrogen-bond acceptors (Lipinski definition) is 5. The van der Waals surface area contributed by atoms with Gasteiger partial charge in [0.1, 0.15) is 0 Å². The molecule has 0 radical (unpaired) electrons. The first-order chi connectivity index (χ1) is 9.61. The van der Waals surface area contributed by atoms with Crippen LogP contribution in [-0.4, -0.2) is 19.6 Å². The summed E-state index contributed by atoms with van der Waals surface area (Å²) in [5, 5.41) is 4.16. The topological polar surface area (TPSA) is 55.6 Å². The number of rotatable bonds is 5. The van der Waals surface area contributed by atoms with Crippen LogP contribution in [0.15, 0.2) is 35.0 Å². The van der Waals surface area contributed by atoms with Crippen molar-refractivity contribution in [3.63, 3.8) is 0 Å². The zero-order valence-corrected chi connectivity index (χ0v) is 12.4. The van der Waals surface area contributed by atoms with E-state index in [0.29, 0.717) is 17.9 Å². The van der Waals surface area contributed by atoms with E-state index in [9.17, 15) is 4.79 Å². The van der Waals surface area contributed by atoms with Crippen molar-refractivity contribution in [3.8, 4) is 0 Å². The fourth-order valence-electron chi connectivity index (χ4n) is 1.92. The summed E-state index contributed by atoms with van der Waals surface area (Å²) in [5.41, 5.74) is 8.88. The Balaban J connectivity index is 2.20. The number of thiophene rings is 1. The minimum Gasteiger partial charge on any atom is -0.462 e. The number of esters is 1. The number of carbonyl (C=O) groups is 1. The van der Waals surface area contributed by atoms with E-state index in [1.165, 1.54) is 5.56 Å². The van der Waals surface area contributed by atoms with E-state index in [0.717, 1.165) is 12.2 Å². The van der Waals surface area contributed by atoms with Gasteiger partial charge in [0.15, 0.2) is 0 Å². The molecule has 0 spiro atoms. The number of hydrogen-bond donors (Lipinski definition) is 1. The van der Waals surface area contributed by atoms with Crippen molar-refractivity contribution in [2.24, 2.45) is 0 Å². The van der Waals surface area contributed by atoms with Crippen molar-refractivity contribution in [2.45, 2.75) is 13.5 Å². The van der Waals surface area contributed by atoms with Gasteiger partial charge in [-0.25, -0.2) is 4.79 Å². The monoisotopic (exact) mass is 290 g/mol. The fourth-order valence-corrected chi connectivity index (χ4v) is 2.57. The molecule has 0 aliphatic carbocycles. The highest BCUT2D eigenvalue weighted by Crippen LogP contribution is 2.23. The largest absolute Gasteiger partial charge is 0.462 e. The third-order valence-electron chi connectivity index (χ3n) is 2.97. The minimum absolute atomic E-state index is 0.341. The molecule has 1 aromatic carbocycles. The molecule has 2 aromatic rings. The van der Waals surface area contributed by atoms with E-state index in [4.69, 9.17) is 10.5 Å². The Kier molecular flexibility index (Phi) is 4.63. The van der Waals surface area contributed by atoms with Crippen LogP contribution in [-0.2, 0) is 11.3 Å². The molecule has 2 N–H and O–H groups in total. The minimum atomic E-state index is -0.379. The first-order valence-corrected chi connectivity index (χ1v) is 7.35. The molecule has 2 rings (SSSR count). The number of nitrogens with two attached hydrogens (primary N) is 1. The zero-order valence-electron chi connectivity index (χ0n) is 11.6. The standard InChI is InChI=1S/C15H18N2O2S/c1-3-19-15(18)13-8-12(4-5-14(13)16)17(2)9-11-6-7-20-10-11/h4-8,10H,3,9,16H2,1-2H3. The Morgan fingerprint density at radius 2 is 2.20 bits per heavy atom. The Morgan fingerprint density at radius 3 is 2.85 bits per heavy atom. The van der Waals surface area contributed by atoms with Crippen LogP contribution in [0.5, 0.6) is 0 Å². The van der Waals surface area contributed by atoms with Crippen molar-refractivity contribution in [2.75, 3.05) is 24.3 Å². The lowest BCUT2D eigenvalue weighted by Gasteiger charge is -2.20. The Bertz CT molecular complexity index is 582. The second-order valence-electron chi connectivity index (χ2n) is 4.48. The van der Waals surface area contributed by atoms with E-state index in [1.807, 2.05) is 13.1 Å². The average Bonchev–Trinajstić information content (AvgIpc) is 2.92. The van der Waals surface area contributed by atoms with Gasteiger partial charge >= 0.3 is 5.97 Å². The maximum atomic E-state index is 11.8. The maximum Gasteiger partial charge on any atom is 0.340 e. The van der Waals surface area contributed by atoms with Gasteiger partial charge in [0.25, 0.3) is 0 Å². The summed E-state index contributed by atoms with van der Waals surface area (Å²) >= 11 is 1.67. The molecule has 1 heterocycles. The van der Waals surface area contributed by atoms with Gasteiger partial charge in [-0.2, -0.15) is 11.3 Å². The molecule has 106 valence electrons. The van der Waals surface area contributed by atoms with E-state index in [-0.39, 0.29) is 5.97 Å². The molecule has 0 aliphatic heterocycles. The molecule has 5 heteroatoms. The lowest BCUT2D eigenvalue weighted by Crippen LogP contribution is -2.17. The van der Waals surface area contributed by atoms with Gasteiger partial charge in [-0.3, -0.25) is 0 Å². The van der Waals surface area contributed by atoms with Crippen LogP contribution in [0.4, 0.5) is 11.4 Å². The number of nitrogens with zero attached hydrogens (tertiary/aromatic N) is 1. The van der Waals surface area contributed by atoms with Crippen molar-refractivity contribution < 1.29 is 9.53 Å². The van der Waals surface area contributed by atoms with E-state index < -0.39 is 0 Å². The molecule has 20 heavy (non-hydrogen) atoms. The van der Waals surface area contributed by atoms with Crippen LogP contribution in [0.25, 0.3) is 0 Å². The summed E-state index contributed by atoms with van der Waals surface area (Å²) < 4.78 is 5.01. The summed E-state index contributed by atoms with van der Waals surface area (Å²) in [5.74, 6) is -0.379. The van der Waals surface area contributed by atoms with Crippen LogP contribution in [0, 0.1) is 0 Å². The Labute approximate surface area is 122 Å². The number of nitrogen functional groups attached to an aromatic ring is 1. The summed E-state index contributed by atoms with van der Waals surface area (Å²) in [6.45, 7) is 2.91. The summed E-state index contributed by atoms with van der Waals surface area (Å²) in [7, 11) is 1.98. The molecule has 4 nitrogen and oxygen atoms in total. The van der Waals surface area contributed by atoms with E-state index in [2.05, 4.69) is 21.7 Å². The van der Waals surface area contributed by atoms with Crippen molar-refractivity contribution in [3.05, 3.63) is 46.2 Å². The molecule has 0 unspecified atom stereocenters. The molecule has 1 aromatic heterocycles. The third kappa shape index (κ3) is 3.30. The fraction of sp³-hybridized carbons (Fsp3) is 0.267. The molecule has 0 aliphatic rings. The Hall–Kier alpha value is -2.01. The normalized spacial score (nSPS) is 10.3. The molecule has 0 amide bonds. The summed E-state index contributed by atoms with van der Waals surface area (Å²) in [6.07, 6.45) is 0. The van der Waals surface area contributed by atoms with Crippen molar-refractivity contribution in [1.29, 1.82) is 0 Å². The molecule has 0 fully saturated rings. The smallest absolute Gasteiger partial charge is 0.340 e.